The molecular weight excluding hydrogens is 306 g/mol. The highest BCUT2D eigenvalue weighted by atomic mass is 79.9. The third kappa shape index (κ3) is 7.80. The first kappa shape index (κ1) is 15.9. The number of carbonyl (C=O) groups is 1. The average molecular weight is 326 g/mol. The van der Waals surface area contributed by atoms with E-state index in [1.165, 1.54) is 0 Å². The minimum atomic E-state index is -0.0647. The van der Waals surface area contributed by atoms with Crippen LogP contribution in [-0.2, 0) is 4.79 Å². The lowest BCUT2D eigenvalue weighted by Gasteiger charge is -2.01. The molecule has 1 rings (SSSR count). The maximum Gasteiger partial charge on any atom is 0.243 e. The lowest BCUT2D eigenvalue weighted by molar-refractivity contribution is -0.116. The predicted molar refractivity (Wildman–Crippen MR) is 81.7 cm³/mol. The normalized spacial score (nSPS) is 10.8. The van der Waals surface area contributed by atoms with Crippen molar-refractivity contribution in [3.8, 4) is 0 Å². The van der Waals surface area contributed by atoms with Crippen LogP contribution in [0.3, 0.4) is 0 Å². The second kappa shape index (κ2) is 9.75. The molecule has 0 bridgehead atoms. The molecule has 3 nitrogen and oxygen atoms in total. The number of aliphatic hydroxyl groups is 1. The second-order valence-corrected chi connectivity index (χ2v) is 5.23. The third-order valence-corrected chi connectivity index (χ3v) is 3.21. The quantitative estimate of drug-likeness (QED) is 0.570. The molecule has 1 aromatic rings. The van der Waals surface area contributed by atoms with Gasteiger partial charge in [0.05, 0.1) is 0 Å². The van der Waals surface area contributed by atoms with E-state index in [0.717, 1.165) is 35.7 Å². The maximum atomic E-state index is 11.5. The van der Waals surface area contributed by atoms with Crippen molar-refractivity contribution in [2.45, 2.75) is 25.7 Å². The standard InChI is InChI=1S/C15H20BrNO2/c16-14-8-5-13(6-9-14)7-10-15(19)17-11-3-1-2-4-12-18/h5-10,18H,1-4,11-12H2,(H,17,19)/b10-7+. The molecule has 0 aromatic heterocycles. The molecule has 0 heterocycles. The molecule has 0 unspecified atom stereocenters. The Hall–Kier alpha value is -1.13. The minimum Gasteiger partial charge on any atom is -0.396 e. The topological polar surface area (TPSA) is 49.3 Å². The average Bonchev–Trinajstić information content (AvgIpc) is 2.42. The van der Waals surface area contributed by atoms with Crippen LogP contribution < -0.4 is 5.32 Å². The van der Waals surface area contributed by atoms with Crippen LogP contribution in [-0.4, -0.2) is 24.2 Å². The Morgan fingerprint density at radius 1 is 1.16 bits per heavy atom. The third-order valence-electron chi connectivity index (χ3n) is 2.68. The first-order valence-electron chi connectivity index (χ1n) is 6.54. The number of rotatable bonds is 8. The van der Waals surface area contributed by atoms with Gasteiger partial charge in [-0.25, -0.2) is 0 Å². The first-order chi connectivity index (χ1) is 9.22. The molecule has 1 aromatic carbocycles. The van der Waals surface area contributed by atoms with Crippen molar-refractivity contribution >= 4 is 27.9 Å². The highest BCUT2D eigenvalue weighted by Crippen LogP contribution is 2.11. The Morgan fingerprint density at radius 2 is 1.84 bits per heavy atom. The second-order valence-electron chi connectivity index (χ2n) is 4.31. The summed E-state index contributed by atoms with van der Waals surface area (Å²) in [4.78, 5) is 11.5. The van der Waals surface area contributed by atoms with Crippen molar-refractivity contribution in [2.24, 2.45) is 0 Å². The Kier molecular flexibility index (Phi) is 8.18. The molecule has 0 aliphatic rings. The number of amides is 1. The van der Waals surface area contributed by atoms with Crippen molar-refractivity contribution in [2.75, 3.05) is 13.2 Å². The summed E-state index contributed by atoms with van der Waals surface area (Å²) in [5, 5.41) is 11.5. The number of carbonyl (C=O) groups excluding carboxylic acids is 1. The number of nitrogens with one attached hydrogen (secondary N) is 1. The van der Waals surface area contributed by atoms with Crippen LogP contribution in [0.5, 0.6) is 0 Å². The fourth-order valence-electron chi connectivity index (χ4n) is 1.61. The fraction of sp³-hybridized carbons (Fsp3) is 0.400. The summed E-state index contributed by atoms with van der Waals surface area (Å²) in [6, 6.07) is 7.78. The summed E-state index contributed by atoms with van der Waals surface area (Å²) >= 11 is 3.37. The number of aliphatic hydroxyl groups excluding tert-OH is 1. The van der Waals surface area contributed by atoms with Crippen LogP contribution >= 0.6 is 15.9 Å². The highest BCUT2D eigenvalue weighted by Gasteiger charge is 1.95. The number of benzene rings is 1. The molecule has 104 valence electrons. The van der Waals surface area contributed by atoms with Crippen molar-refractivity contribution in [1.82, 2.24) is 5.32 Å². The lowest BCUT2D eigenvalue weighted by Crippen LogP contribution is -2.21. The molecule has 0 radical (unpaired) electrons. The minimum absolute atomic E-state index is 0.0647. The van der Waals surface area contributed by atoms with E-state index in [1.807, 2.05) is 24.3 Å². The van der Waals surface area contributed by atoms with Gasteiger partial charge >= 0.3 is 0 Å². The van der Waals surface area contributed by atoms with Gasteiger partial charge in [-0.15, -0.1) is 0 Å². The largest absolute Gasteiger partial charge is 0.396 e. The van der Waals surface area contributed by atoms with Crippen molar-refractivity contribution in [3.63, 3.8) is 0 Å². The Balaban J connectivity index is 2.18. The monoisotopic (exact) mass is 325 g/mol. The van der Waals surface area contributed by atoms with Gasteiger partial charge in [0, 0.05) is 23.7 Å². The SMILES string of the molecule is O=C(/C=C/c1ccc(Br)cc1)NCCCCCCO. The summed E-state index contributed by atoms with van der Waals surface area (Å²) in [7, 11) is 0. The van der Waals surface area contributed by atoms with E-state index >= 15 is 0 Å². The fourth-order valence-corrected chi connectivity index (χ4v) is 1.87. The Bertz CT molecular complexity index is 401. The van der Waals surface area contributed by atoms with Gasteiger partial charge in [-0.2, -0.15) is 0 Å². The molecule has 0 spiro atoms. The van der Waals surface area contributed by atoms with Gasteiger partial charge in [0.2, 0.25) is 5.91 Å². The van der Waals surface area contributed by atoms with Crippen LogP contribution in [0.2, 0.25) is 0 Å². The summed E-state index contributed by atoms with van der Waals surface area (Å²) in [6.07, 6.45) is 7.21. The van der Waals surface area contributed by atoms with E-state index in [-0.39, 0.29) is 12.5 Å². The summed E-state index contributed by atoms with van der Waals surface area (Å²) in [5.41, 5.74) is 1.00. The summed E-state index contributed by atoms with van der Waals surface area (Å²) in [5.74, 6) is -0.0647. The van der Waals surface area contributed by atoms with Gasteiger partial charge in [-0.1, -0.05) is 40.9 Å². The van der Waals surface area contributed by atoms with Crippen molar-refractivity contribution < 1.29 is 9.90 Å². The number of hydrogen-bond acceptors (Lipinski definition) is 2. The molecule has 0 aliphatic carbocycles. The smallest absolute Gasteiger partial charge is 0.243 e. The predicted octanol–water partition coefficient (Wildman–Crippen LogP) is 3.13. The molecule has 19 heavy (non-hydrogen) atoms. The van der Waals surface area contributed by atoms with E-state index in [0.29, 0.717) is 6.54 Å². The number of unbranched alkanes of at least 4 members (excludes halogenated alkanes) is 3. The molecule has 0 fully saturated rings. The van der Waals surface area contributed by atoms with E-state index in [4.69, 9.17) is 5.11 Å². The molecule has 0 aliphatic heterocycles. The highest BCUT2D eigenvalue weighted by molar-refractivity contribution is 9.10. The summed E-state index contributed by atoms with van der Waals surface area (Å²) < 4.78 is 1.02. The zero-order valence-electron chi connectivity index (χ0n) is 10.9. The van der Waals surface area contributed by atoms with E-state index in [1.54, 1.807) is 12.2 Å². The first-order valence-corrected chi connectivity index (χ1v) is 7.34. The zero-order valence-corrected chi connectivity index (χ0v) is 12.5. The number of halogens is 1. The maximum absolute atomic E-state index is 11.5. The van der Waals surface area contributed by atoms with Gasteiger partial charge in [0.1, 0.15) is 0 Å². The van der Waals surface area contributed by atoms with Crippen LogP contribution in [0.1, 0.15) is 31.2 Å². The van der Waals surface area contributed by atoms with Gasteiger partial charge < -0.3 is 10.4 Å². The molecular formula is C15H20BrNO2. The lowest BCUT2D eigenvalue weighted by atomic mass is 10.2. The van der Waals surface area contributed by atoms with E-state index < -0.39 is 0 Å². The van der Waals surface area contributed by atoms with Crippen LogP contribution in [0.4, 0.5) is 0 Å². The molecule has 2 N–H and O–H groups in total. The molecule has 0 saturated carbocycles. The molecule has 0 atom stereocenters. The van der Waals surface area contributed by atoms with Gasteiger partial charge in [-0.05, 0) is 36.6 Å². The Labute approximate surface area is 122 Å². The van der Waals surface area contributed by atoms with E-state index in [2.05, 4.69) is 21.2 Å². The molecule has 1 amide bonds. The molecule has 0 saturated heterocycles. The van der Waals surface area contributed by atoms with Crippen LogP contribution in [0.25, 0.3) is 6.08 Å². The van der Waals surface area contributed by atoms with Gasteiger partial charge in [0.15, 0.2) is 0 Å². The van der Waals surface area contributed by atoms with Crippen molar-refractivity contribution in [1.29, 1.82) is 0 Å². The van der Waals surface area contributed by atoms with Gasteiger partial charge in [0.25, 0.3) is 0 Å². The van der Waals surface area contributed by atoms with Crippen molar-refractivity contribution in [3.05, 3.63) is 40.4 Å². The zero-order chi connectivity index (χ0) is 13.9. The van der Waals surface area contributed by atoms with E-state index in [9.17, 15) is 4.79 Å². The Morgan fingerprint density at radius 3 is 2.53 bits per heavy atom. The molecule has 4 heteroatoms. The van der Waals surface area contributed by atoms with Crippen LogP contribution in [0, 0.1) is 0 Å². The summed E-state index contributed by atoms with van der Waals surface area (Å²) in [6.45, 7) is 0.942. The van der Waals surface area contributed by atoms with Crippen LogP contribution in [0.15, 0.2) is 34.8 Å². The number of hydrogen-bond donors (Lipinski definition) is 2. The van der Waals surface area contributed by atoms with Gasteiger partial charge in [-0.3, -0.25) is 4.79 Å².